The largest absolute Gasteiger partial charge is 0.467 e. The van der Waals surface area contributed by atoms with E-state index >= 15 is 0 Å². The molecule has 2 atom stereocenters. The Bertz CT molecular complexity index is 465. The summed E-state index contributed by atoms with van der Waals surface area (Å²) in [7, 11) is 0. The molecule has 18 heavy (non-hydrogen) atoms. The lowest BCUT2D eigenvalue weighted by molar-refractivity contribution is 0.0170. The van der Waals surface area contributed by atoms with Crippen molar-refractivity contribution in [3.8, 4) is 0 Å². The molecule has 1 aromatic heterocycles. The average molecular weight is 266 g/mol. The van der Waals surface area contributed by atoms with Gasteiger partial charge in [0, 0.05) is 11.1 Å². The number of ether oxygens (including phenoxy) is 1. The van der Waals surface area contributed by atoms with Gasteiger partial charge in [0.05, 0.1) is 12.4 Å². The van der Waals surface area contributed by atoms with Crippen LogP contribution in [0, 0.1) is 0 Å². The second-order valence-corrected chi connectivity index (χ2v) is 4.66. The van der Waals surface area contributed by atoms with E-state index in [0.717, 1.165) is 11.3 Å². The Balaban J connectivity index is 2.06. The van der Waals surface area contributed by atoms with Crippen LogP contribution < -0.4 is 5.73 Å². The van der Waals surface area contributed by atoms with E-state index in [-0.39, 0.29) is 12.1 Å². The molecular weight excluding hydrogens is 250 g/mol. The van der Waals surface area contributed by atoms with Crippen molar-refractivity contribution in [1.82, 2.24) is 0 Å². The molecule has 0 spiro atoms. The first-order valence-electron chi connectivity index (χ1n) is 5.82. The molecule has 96 valence electrons. The Kier molecular flexibility index (Phi) is 4.42. The van der Waals surface area contributed by atoms with Crippen LogP contribution in [0.5, 0.6) is 0 Å². The number of benzene rings is 1. The maximum atomic E-state index is 5.96. The molecule has 3 nitrogen and oxygen atoms in total. The summed E-state index contributed by atoms with van der Waals surface area (Å²) in [6.45, 7) is 2.32. The highest BCUT2D eigenvalue weighted by atomic mass is 35.5. The highest BCUT2D eigenvalue weighted by Crippen LogP contribution is 2.23. The Labute approximate surface area is 111 Å². The van der Waals surface area contributed by atoms with Crippen molar-refractivity contribution < 1.29 is 9.15 Å². The zero-order valence-electron chi connectivity index (χ0n) is 10.2. The topological polar surface area (TPSA) is 48.4 Å². The smallest absolute Gasteiger partial charge is 0.129 e. The van der Waals surface area contributed by atoms with Crippen molar-refractivity contribution in [3.63, 3.8) is 0 Å². The van der Waals surface area contributed by atoms with Gasteiger partial charge >= 0.3 is 0 Å². The van der Waals surface area contributed by atoms with Crippen molar-refractivity contribution in [1.29, 1.82) is 0 Å². The minimum atomic E-state index is -0.174. The first kappa shape index (κ1) is 13.1. The first-order chi connectivity index (χ1) is 8.66. The molecule has 2 aromatic rings. The molecule has 1 heterocycles. The monoisotopic (exact) mass is 265 g/mol. The van der Waals surface area contributed by atoms with E-state index < -0.39 is 0 Å². The van der Waals surface area contributed by atoms with Gasteiger partial charge in [0.25, 0.3) is 0 Å². The third-order valence-corrected chi connectivity index (χ3v) is 2.91. The molecule has 0 bridgehead atoms. The molecule has 4 heteroatoms. The van der Waals surface area contributed by atoms with Gasteiger partial charge in [-0.15, -0.1) is 0 Å². The van der Waals surface area contributed by atoms with E-state index in [9.17, 15) is 0 Å². The highest BCUT2D eigenvalue weighted by molar-refractivity contribution is 6.30. The minimum Gasteiger partial charge on any atom is -0.467 e. The molecule has 0 amide bonds. The SMILES string of the molecule is CC(N)C(OCc1ccco1)c1ccc(Cl)cc1. The van der Waals surface area contributed by atoms with Crippen molar-refractivity contribution in [2.24, 2.45) is 5.73 Å². The molecule has 0 aliphatic heterocycles. The molecule has 0 radical (unpaired) electrons. The van der Waals surface area contributed by atoms with E-state index in [1.807, 2.05) is 43.3 Å². The van der Waals surface area contributed by atoms with Crippen LogP contribution in [-0.2, 0) is 11.3 Å². The van der Waals surface area contributed by atoms with Gasteiger partial charge in [-0.25, -0.2) is 0 Å². The Morgan fingerprint density at radius 3 is 2.56 bits per heavy atom. The first-order valence-corrected chi connectivity index (χ1v) is 6.19. The fourth-order valence-corrected chi connectivity index (χ4v) is 1.90. The molecule has 2 unspecified atom stereocenters. The van der Waals surface area contributed by atoms with E-state index in [2.05, 4.69) is 0 Å². The van der Waals surface area contributed by atoms with Gasteiger partial charge in [0.15, 0.2) is 0 Å². The summed E-state index contributed by atoms with van der Waals surface area (Å²) in [6.07, 6.45) is 1.45. The minimum absolute atomic E-state index is 0.110. The van der Waals surface area contributed by atoms with Crippen molar-refractivity contribution in [2.45, 2.75) is 25.7 Å². The summed E-state index contributed by atoms with van der Waals surface area (Å²) in [6, 6.07) is 11.1. The zero-order valence-corrected chi connectivity index (χ0v) is 10.9. The van der Waals surface area contributed by atoms with Gasteiger partial charge < -0.3 is 14.9 Å². The van der Waals surface area contributed by atoms with E-state index in [1.54, 1.807) is 6.26 Å². The van der Waals surface area contributed by atoms with Gasteiger partial charge in [0.2, 0.25) is 0 Å². The van der Waals surface area contributed by atoms with Gasteiger partial charge in [0.1, 0.15) is 12.4 Å². The highest BCUT2D eigenvalue weighted by Gasteiger charge is 2.17. The Morgan fingerprint density at radius 2 is 2.00 bits per heavy atom. The molecule has 1 aromatic carbocycles. The Hall–Kier alpha value is -1.29. The second kappa shape index (κ2) is 6.05. The molecule has 0 aliphatic carbocycles. The van der Waals surface area contributed by atoms with Gasteiger partial charge in [-0.05, 0) is 36.8 Å². The summed E-state index contributed by atoms with van der Waals surface area (Å²) < 4.78 is 11.0. The van der Waals surface area contributed by atoms with Crippen molar-refractivity contribution in [3.05, 3.63) is 59.0 Å². The molecule has 0 aliphatic rings. The number of halogens is 1. The van der Waals surface area contributed by atoms with Crippen LogP contribution in [0.25, 0.3) is 0 Å². The molecule has 0 saturated heterocycles. The van der Waals surface area contributed by atoms with Crippen LogP contribution in [0.1, 0.15) is 24.4 Å². The molecular formula is C14H16ClNO2. The lowest BCUT2D eigenvalue weighted by Crippen LogP contribution is -2.26. The van der Waals surface area contributed by atoms with Crippen molar-refractivity contribution >= 4 is 11.6 Å². The van der Waals surface area contributed by atoms with E-state index in [1.165, 1.54) is 0 Å². The van der Waals surface area contributed by atoms with Gasteiger partial charge in [-0.1, -0.05) is 23.7 Å². The lowest BCUT2D eigenvalue weighted by Gasteiger charge is -2.21. The van der Waals surface area contributed by atoms with Crippen LogP contribution in [0.4, 0.5) is 0 Å². The fraction of sp³-hybridized carbons (Fsp3) is 0.286. The summed E-state index contributed by atoms with van der Waals surface area (Å²) >= 11 is 5.87. The molecule has 2 N–H and O–H groups in total. The van der Waals surface area contributed by atoms with Crippen LogP contribution in [0.15, 0.2) is 47.1 Å². The number of hydrogen-bond acceptors (Lipinski definition) is 3. The van der Waals surface area contributed by atoms with Crippen molar-refractivity contribution in [2.75, 3.05) is 0 Å². The number of rotatable bonds is 5. The third kappa shape index (κ3) is 3.35. The predicted molar refractivity (Wildman–Crippen MR) is 71.3 cm³/mol. The summed E-state index contributed by atoms with van der Waals surface area (Å²) in [5.41, 5.74) is 6.97. The maximum Gasteiger partial charge on any atom is 0.129 e. The predicted octanol–water partition coefficient (Wildman–Crippen LogP) is 3.54. The van der Waals surface area contributed by atoms with Crippen LogP contribution >= 0.6 is 11.6 Å². The third-order valence-electron chi connectivity index (χ3n) is 2.66. The fourth-order valence-electron chi connectivity index (χ4n) is 1.77. The molecule has 2 rings (SSSR count). The van der Waals surface area contributed by atoms with E-state index in [4.69, 9.17) is 26.5 Å². The molecule has 0 saturated carbocycles. The number of hydrogen-bond donors (Lipinski definition) is 1. The maximum absolute atomic E-state index is 5.96. The second-order valence-electron chi connectivity index (χ2n) is 4.22. The number of furan rings is 1. The Morgan fingerprint density at radius 1 is 1.28 bits per heavy atom. The zero-order chi connectivity index (χ0) is 13.0. The normalized spacial score (nSPS) is 14.4. The van der Waals surface area contributed by atoms with Crippen LogP contribution in [0.2, 0.25) is 5.02 Å². The standard InChI is InChI=1S/C14H16ClNO2/c1-10(16)14(11-4-6-12(15)7-5-11)18-9-13-3-2-8-17-13/h2-8,10,14H,9,16H2,1H3. The van der Waals surface area contributed by atoms with E-state index in [0.29, 0.717) is 11.6 Å². The number of nitrogens with two attached hydrogens (primary N) is 1. The molecule has 0 fully saturated rings. The summed E-state index contributed by atoms with van der Waals surface area (Å²) in [5.74, 6) is 0.787. The van der Waals surface area contributed by atoms with Gasteiger partial charge in [-0.3, -0.25) is 0 Å². The quantitative estimate of drug-likeness (QED) is 0.900. The van der Waals surface area contributed by atoms with Crippen LogP contribution in [0.3, 0.4) is 0 Å². The lowest BCUT2D eigenvalue weighted by atomic mass is 10.0. The average Bonchev–Trinajstić information content (AvgIpc) is 2.84. The summed E-state index contributed by atoms with van der Waals surface area (Å²) in [5, 5.41) is 0.702. The van der Waals surface area contributed by atoms with Crippen LogP contribution in [-0.4, -0.2) is 6.04 Å². The van der Waals surface area contributed by atoms with Gasteiger partial charge in [-0.2, -0.15) is 0 Å². The summed E-state index contributed by atoms with van der Waals surface area (Å²) in [4.78, 5) is 0.